The molecule has 1 aromatic rings. The Kier molecular flexibility index (Phi) is 5.04. The summed E-state index contributed by atoms with van der Waals surface area (Å²) in [4.78, 5) is 2.54. The summed E-state index contributed by atoms with van der Waals surface area (Å²) in [6.07, 6.45) is 3.34. The first-order chi connectivity index (χ1) is 8.74. The van der Waals surface area contributed by atoms with Gasteiger partial charge in [-0.2, -0.15) is 0 Å². The quantitative estimate of drug-likeness (QED) is 0.903. The summed E-state index contributed by atoms with van der Waals surface area (Å²) >= 11 is 5.94. The van der Waals surface area contributed by atoms with Crippen LogP contribution in [0, 0.1) is 5.92 Å². The maximum absolute atomic E-state index is 9.19. The van der Waals surface area contributed by atoms with Gasteiger partial charge in [-0.1, -0.05) is 30.7 Å². The van der Waals surface area contributed by atoms with E-state index in [1.54, 1.807) is 0 Å². The molecule has 1 unspecified atom stereocenters. The molecule has 1 aromatic carbocycles. The standard InChI is InChI=1S/C15H22ClNO/c1-2-15(13-3-5-14(16)6-4-13)17-9-7-12(11-18)8-10-17/h3-6,12,15,18H,2,7-11H2,1H3. The summed E-state index contributed by atoms with van der Waals surface area (Å²) in [5.74, 6) is 0.504. The van der Waals surface area contributed by atoms with Crippen molar-refractivity contribution in [3.63, 3.8) is 0 Å². The van der Waals surface area contributed by atoms with E-state index in [0.717, 1.165) is 37.4 Å². The van der Waals surface area contributed by atoms with Gasteiger partial charge < -0.3 is 5.11 Å². The zero-order chi connectivity index (χ0) is 13.0. The number of benzene rings is 1. The Labute approximate surface area is 115 Å². The SMILES string of the molecule is CCC(c1ccc(Cl)cc1)N1CCC(CO)CC1. The third kappa shape index (κ3) is 3.25. The summed E-state index contributed by atoms with van der Waals surface area (Å²) in [6.45, 7) is 4.75. The van der Waals surface area contributed by atoms with Crippen LogP contribution >= 0.6 is 11.6 Å². The lowest BCUT2D eigenvalue weighted by atomic mass is 9.94. The largest absolute Gasteiger partial charge is 0.396 e. The lowest BCUT2D eigenvalue weighted by Gasteiger charge is -2.37. The molecule has 0 spiro atoms. The van der Waals surface area contributed by atoms with Gasteiger partial charge >= 0.3 is 0 Å². The molecule has 1 saturated heterocycles. The Hall–Kier alpha value is -0.570. The van der Waals surface area contributed by atoms with E-state index in [1.807, 2.05) is 12.1 Å². The highest BCUT2D eigenvalue weighted by atomic mass is 35.5. The topological polar surface area (TPSA) is 23.5 Å². The zero-order valence-corrected chi connectivity index (χ0v) is 11.7. The molecular weight excluding hydrogens is 246 g/mol. The van der Waals surface area contributed by atoms with E-state index in [4.69, 9.17) is 11.6 Å². The van der Waals surface area contributed by atoms with Crippen LogP contribution in [-0.4, -0.2) is 29.7 Å². The second-order valence-electron chi connectivity index (χ2n) is 5.14. The van der Waals surface area contributed by atoms with E-state index in [-0.39, 0.29) is 0 Å². The minimum absolute atomic E-state index is 0.339. The zero-order valence-electron chi connectivity index (χ0n) is 11.0. The third-order valence-electron chi connectivity index (χ3n) is 3.99. The molecule has 1 atom stereocenters. The first-order valence-electron chi connectivity index (χ1n) is 6.85. The molecule has 100 valence electrons. The molecule has 18 heavy (non-hydrogen) atoms. The minimum atomic E-state index is 0.339. The van der Waals surface area contributed by atoms with Crippen LogP contribution in [0.3, 0.4) is 0 Å². The van der Waals surface area contributed by atoms with Crippen molar-refractivity contribution in [3.05, 3.63) is 34.9 Å². The molecule has 0 aliphatic carbocycles. The van der Waals surface area contributed by atoms with Gasteiger partial charge in [0.2, 0.25) is 0 Å². The predicted molar refractivity (Wildman–Crippen MR) is 75.9 cm³/mol. The molecule has 1 aliphatic rings. The maximum atomic E-state index is 9.19. The molecule has 0 saturated carbocycles. The van der Waals surface area contributed by atoms with Crippen LogP contribution < -0.4 is 0 Å². The van der Waals surface area contributed by atoms with Gasteiger partial charge in [0.05, 0.1) is 0 Å². The van der Waals surface area contributed by atoms with Crippen LogP contribution in [0.4, 0.5) is 0 Å². The smallest absolute Gasteiger partial charge is 0.0460 e. The Bertz CT molecular complexity index is 357. The molecule has 2 nitrogen and oxygen atoms in total. The van der Waals surface area contributed by atoms with E-state index >= 15 is 0 Å². The van der Waals surface area contributed by atoms with Crippen molar-refractivity contribution in [1.82, 2.24) is 4.90 Å². The summed E-state index contributed by atoms with van der Waals surface area (Å²) < 4.78 is 0. The maximum Gasteiger partial charge on any atom is 0.0460 e. The molecular formula is C15H22ClNO. The Morgan fingerprint density at radius 1 is 1.28 bits per heavy atom. The van der Waals surface area contributed by atoms with Gasteiger partial charge in [-0.25, -0.2) is 0 Å². The number of hydrogen-bond donors (Lipinski definition) is 1. The van der Waals surface area contributed by atoms with E-state index in [0.29, 0.717) is 18.6 Å². The monoisotopic (exact) mass is 267 g/mol. The van der Waals surface area contributed by atoms with Gasteiger partial charge in [-0.15, -0.1) is 0 Å². The number of nitrogens with zero attached hydrogens (tertiary/aromatic N) is 1. The highest BCUT2D eigenvalue weighted by Crippen LogP contribution is 2.29. The van der Waals surface area contributed by atoms with Crippen LogP contribution in [0.25, 0.3) is 0 Å². The molecule has 1 N–H and O–H groups in total. The van der Waals surface area contributed by atoms with E-state index < -0.39 is 0 Å². The van der Waals surface area contributed by atoms with Crippen LogP contribution in [0.1, 0.15) is 37.8 Å². The predicted octanol–water partition coefficient (Wildman–Crippen LogP) is 3.50. The van der Waals surface area contributed by atoms with E-state index in [2.05, 4.69) is 24.0 Å². The van der Waals surface area contributed by atoms with Gasteiger partial charge in [0, 0.05) is 17.7 Å². The van der Waals surface area contributed by atoms with Crippen molar-refractivity contribution in [3.8, 4) is 0 Å². The number of aliphatic hydroxyl groups is 1. The molecule has 3 heteroatoms. The van der Waals surface area contributed by atoms with Crippen LogP contribution in [0.2, 0.25) is 5.02 Å². The molecule has 0 radical (unpaired) electrons. The number of hydrogen-bond acceptors (Lipinski definition) is 2. The molecule has 0 aromatic heterocycles. The van der Waals surface area contributed by atoms with Crippen molar-refractivity contribution in [2.24, 2.45) is 5.92 Å². The molecule has 1 fully saturated rings. The minimum Gasteiger partial charge on any atom is -0.396 e. The molecule has 0 bridgehead atoms. The number of likely N-dealkylation sites (tertiary alicyclic amines) is 1. The summed E-state index contributed by atoms with van der Waals surface area (Å²) in [7, 11) is 0. The summed E-state index contributed by atoms with van der Waals surface area (Å²) in [5, 5.41) is 9.99. The van der Waals surface area contributed by atoms with E-state index in [9.17, 15) is 5.11 Å². The second kappa shape index (κ2) is 6.55. The van der Waals surface area contributed by atoms with Gasteiger partial charge in [-0.3, -0.25) is 4.90 Å². The normalized spacial score (nSPS) is 19.9. The summed E-state index contributed by atoms with van der Waals surface area (Å²) in [5.41, 5.74) is 1.35. The fourth-order valence-electron chi connectivity index (χ4n) is 2.84. The summed E-state index contributed by atoms with van der Waals surface area (Å²) in [6, 6.07) is 8.70. The second-order valence-corrected chi connectivity index (χ2v) is 5.57. The van der Waals surface area contributed by atoms with E-state index in [1.165, 1.54) is 5.56 Å². The lowest BCUT2D eigenvalue weighted by molar-refractivity contribution is 0.0981. The van der Waals surface area contributed by atoms with Gasteiger partial charge in [0.25, 0.3) is 0 Å². The Balaban J connectivity index is 2.03. The van der Waals surface area contributed by atoms with Crippen molar-refractivity contribution < 1.29 is 5.11 Å². The number of piperidine rings is 1. The average Bonchev–Trinajstić information content (AvgIpc) is 2.42. The fraction of sp³-hybridized carbons (Fsp3) is 0.600. The average molecular weight is 268 g/mol. The lowest BCUT2D eigenvalue weighted by Crippen LogP contribution is -2.37. The number of halogens is 1. The first-order valence-corrected chi connectivity index (χ1v) is 7.22. The van der Waals surface area contributed by atoms with Crippen LogP contribution in [0.15, 0.2) is 24.3 Å². The molecule has 0 amide bonds. The van der Waals surface area contributed by atoms with Crippen LogP contribution in [0.5, 0.6) is 0 Å². The fourth-order valence-corrected chi connectivity index (χ4v) is 2.96. The Morgan fingerprint density at radius 3 is 2.39 bits per heavy atom. The van der Waals surface area contributed by atoms with Gasteiger partial charge in [0.15, 0.2) is 0 Å². The number of rotatable bonds is 4. The van der Waals surface area contributed by atoms with Crippen molar-refractivity contribution >= 4 is 11.6 Å². The molecule has 1 aliphatic heterocycles. The highest BCUT2D eigenvalue weighted by molar-refractivity contribution is 6.30. The highest BCUT2D eigenvalue weighted by Gasteiger charge is 2.24. The first kappa shape index (κ1) is 13.9. The molecule has 1 heterocycles. The third-order valence-corrected chi connectivity index (χ3v) is 4.24. The van der Waals surface area contributed by atoms with Crippen molar-refractivity contribution in [2.45, 2.75) is 32.2 Å². The Morgan fingerprint density at radius 2 is 1.89 bits per heavy atom. The van der Waals surface area contributed by atoms with Crippen molar-refractivity contribution in [2.75, 3.05) is 19.7 Å². The van der Waals surface area contributed by atoms with Crippen molar-refractivity contribution in [1.29, 1.82) is 0 Å². The number of aliphatic hydroxyl groups excluding tert-OH is 1. The van der Waals surface area contributed by atoms with Crippen LogP contribution in [-0.2, 0) is 0 Å². The van der Waals surface area contributed by atoms with Gasteiger partial charge in [-0.05, 0) is 56.0 Å². The van der Waals surface area contributed by atoms with Gasteiger partial charge in [0.1, 0.15) is 0 Å². The molecule has 2 rings (SSSR count).